The van der Waals surface area contributed by atoms with Gasteiger partial charge in [-0.2, -0.15) is 0 Å². The number of benzene rings is 4. The van der Waals surface area contributed by atoms with Crippen molar-refractivity contribution < 1.29 is 24.1 Å². The molecule has 1 atom stereocenters. The van der Waals surface area contributed by atoms with Gasteiger partial charge in [-0.3, -0.25) is 0 Å². The van der Waals surface area contributed by atoms with Crippen LogP contribution in [-0.2, 0) is 16.8 Å². The summed E-state index contributed by atoms with van der Waals surface area (Å²) in [6.07, 6.45) is -0.287. The van der Waals surface area contributed by atoms with E-state index in [1.54, 1.807) is 31.4 Å². The SMILES string of the molecule is COCC(Oc1ccc(Oc2ccc(O)cc2)c(C(C)(C)C)c1)c1ccc(OCc2ccccc2)cc1. The Morgan fingerprint density at radius 3 is 2.05 bits per heavy atom. The molecule has 0 aliphatic rings. The molecule has 4 rings (SSSR count). The van der Waals surface area contributed by atoms with Gasteiger partial charge in [-0.25, -0.2) is 0 Å². The maximum absolute atomic E-state index is 9.56. The lowest BCUT2D eigenvalue weighted by atomic mass is 9.86. The Hall–Kier alpha value is -3.96. The summed E-state index contributed by atoms with van der Waals surface area (Å²) in [5.41, 5.74) is 2.95. The van der Waals surface area contributed by atoms with Gasteiger partial charge in [0.05, 0.1) is 6.61 Å². The third kappa shape index (κ3) is 7.28. The van der Waals surface area contributed by atoms with Crippen molar-refractivity contribution in [1.29, 1.82) is 0 Å². The van der Waals surface area contributed by atoms with E-state index in [4.69, 9.17) is 18.9 Å². The summed E-state index contributed by atoms with van der Waals surface area (Å²) in [5.74, 6) is 3.13. The van der Waals surface area contributed by atoms with Crippen LogP contribution in [0.25, 0.3) is 0 Å². The molecule has 5 nitrogen and oxygen atoms in total. The number of rotatable bonds is 10. The van der Waals surface area contributed by atoms with E-state index in [1.165, 1.54) is 0 Å². The van der Waals surface area contributed by atoms with Crippen LogP contribution in [0.5, 0.6) is 28.7 Å². The number of aromatic hydroxyl groups is 1. The first-order valence-electron chi connectivity index (χ1n) is 12.4. The molecule has 0 spiro atoms. The predicted octanol–water partition coefficient (Wildman–Crippen LogP) is 7.83. The highest BCUT2D eigenvalue weighted by Gasteiger charge is 2.22. The molecular formula is C32H34O5. The fourth-order valence-electron chi connectivity index (χ4n) is 3.93. The van der Waals surface area contributed by atoms with Gasteiger partial charge in [0, 0.05) is 12.7 Å². The summed E-state index contributed by atoms with van der Waals surface area (Å²) in [7, 11) is 1.67. The van der Waals surface area contributed by atoms with Crippen molar-refractivity contribution in [2.24, 2.45) is 0 Å². The summed E-state index contributed by atoms with van der Waals surface area (Å²) >= 11 is 0. The quantitative estimate of drug-likeness (QED) is 0.241. The average molecular weight is 499 g/mol. The Morgan fingerprint density at radius 2 is 1.41 bits per heavy atom. The number of hydrogen-bond donors (Lipinski definition) is 1. The molecule has 0 aromatic heterocycles. The Bertz CT molecular complexity index is 1260. The summed E-state index contributed by atoms with van der Waals surface area (Å²) in [5, 5.41) is 9.56. The van der Waals surface area contributed by atoms with Crippen LogP contribution in [0.2, 0.25) is 0 Å². The standard InChI is InChI=1S/C32H34O5/c1-32(2,3)29-20-28(18-19-30(29)36-27-16-12-25(33)13-17-27)37-31(22-34-4)24-10-14-26(15-11-24)35-21-23-8-6-5-7-9-23/h5-20,31,33H,21-22H2,1-4H3. The molecule has 37 heavy (non-hydrogen) atoms. The van der Waals surface area contributed by atoms with Gasteiger partial charge in [0.2, 0.25) is 0 Å². The molecule has 0 fully saturated rings. The predicted molar refractivity (Wildman–Crippen MR) is 146 cm³/mol. The van der Waals surface area contributed by atoms with E-state index in [2.05, 4.69) is 20.8 Å². The first kappa shape index (κ1) is 26.1. The maximum atomic E-state index is 9.56. The van der Waals surface area contributed by atoms with Crippen molar-refractivity contribution in [1.82, 2.24) is 0 Å². The van der Waals surface area contributed by atoms with Crippen molar-refractivity contribution >= 4 is 0 Å². The highest BCUT2D eigenvalue weighted by Crippen LogP contribution is 2.38. The first-order chi connectivity index (χ1) is 17.8. The average Bonchev–Trinajstić information content (AvgIpc) is 2.90. The molecule has 5 heteroatoms. The Morgan fingerprint density at radius 1 is 0.757 bits per heavy atom. The minimum atomic E-state index is -0.287. The van der Waals surface area contributed by atoms with Crippen LogP contribution in [0, 0.1) is 0 Å². The van der Waals surface area contributed by atoms with E-state index >= 15 is 0 Å². The van der Waals surface area contributed by atoms with Gasteiger partial charge >= 0.3 is 0 Å². The third-order valence-corrected chi connectivity index (χ3v) is 5.92. The minimum absolute atomic E-state index is 0.180. The normalized spacial score (nSPS) is 12.1. The van der Waals surface area contributed by atoms with Gasteiger partial charge in [0.1, 0.15) is 41.5 Å². The second-order valence-corrected chi connectivity index (χ2v) is 9.91. The van der Waals surface area contributed by atoms with E-state index in [0.29, 0.717) is 19.0 Å². The molecule has 4 aromatic rings. The zero-order chi connectivity index (χ0) is 26.3. The molecule has 0 bridgehead atoms. The molecule has 1 N–H and O–H groups in total. The minimum Gasteiger partial charge on any atom is -0.508 e. The van der Waals surface area contributed by atoms with Crippen molar-refractivity contribution in [2.45, 2.75) is 38.9 Å². The van der Waals surface area contributed by atoms with Crippen LogP contribution in [-0.4, -0.2) is 18.8 Å². The second-order valence-electron chi connectivity index (χ2n) is 9.91. The van der Waals surface area contributed by atoms with Crippen LogP contribution < -0.4 is 14.2 Å². The van der Waals surface area contributed by atoms with Crippen LogP contribution in [0.15, 0.2) is 97.1 Å². The number of methoxy groups -OCH3 is 1. The van der Waals surface area contributed by atoms with Gasteiger partial charge < -0.3 is 24.1 Å². The van der Waals surface area contributed by atoms with E-state index in [9.17, 15) is 5.11 Å². The summed E-state index contributed by atoms with van der Waals surface area (Å²) in [6.45, 7) is 7.33. The van der Waals surface area contributed by atoms with Gasteiger partial charge in [-0.1, -0.05) is 63.2 Å². The third-order valence-electron chi connectivity index (χ3n) is 5.92. The number of phenolic OH excluding ortho intramolecular Hbond substituents is 1. The number of phenols is 1. The lowest BCUT2D eigenvalue weighted by Gasteiger charge is -2.25. The highest BCUT2D eigenvalue weighted by atomic mass is 16.5. The Balaban J connectivity index is 1.50. The summed E-state index contributed by atoms with van der Waals surface area (Å²) in [4.78, 5) is 0. The zero-order valence-corrected chi connectivity index (χ0v) is 21.8. The molecule has 0 saturated heterocycles. The molecule has 0 saturated carbocycles. The zero-order valence-electron chi connectivity index (χ0n) is 21.8. The van der Waals surface area contributed by atoms with Crippen LogP contribution in [0.4, 0.5) is 0 Å². The van der Waals surface area contributed by atoms with Crippen LogP contribution in [0.1, 0.15) is 43.6 Å². The number of ether oxygens (including phenoxy) is 4. The van der Waals surface area contributed by atoms with Gasteiger partial charge in [0.15, 0.2) is 0 Å². The van der Waals surface area contributed by atoms with E-state index in [-0.39, 0.29) is 17.3 Å². The molecule has 0 amide bonds. The van der Waals surface area contributed by atoms with Crippen molar-refractivity contribution in [3.05, 3.63) is 114 Å². The lowest BCUT2D eigenvalue weighted by molar-refractivity contribution is 0.0808. The van der Waals surface area contributed by atoms with Gasteiger partial charge in [-0.05, 0) is 71.1 Å². The molecule has 0 heterocycles. The summed E-state index contributed by atoms with van der Waals surface area (Å²) in [6, 6.07) is 30.6. The molecule has 1 unspecified atom stereocenters. The smallest absolute Gasteiger partial charge is 0.147 e. The van der Waals surface area contributed by atoms with Crippen LogP contribution in [0.3, 0.4) is 0 Å². The van der Waals surface area contributed by atoms with Gasteiger partial charge in [-0.15, -0.1) is 0 Å². The summed E-state index contributed by atoms with van der Waals surface area (Å²) < 4.78 is 24.0. The molecule has 0 aliphatic heterocycles. The molecular weight excluding hydrogens is 464 g/mol. The molecule has 0 aliphatic carbocycles. The van der Waals surface area contributed by atoms with Crippen molar-refractivity contribution in [3.8, 4) is 28.7 Å². The first-order valence-corrected chi connectivity index (χ1v) is 12.4. The molecule has 4 aromatic carbocycles. The monoisotopic (exact) mass is 498 g/mol. The molecule has 192 valence electrons. The van der Waals surface area contributed by atoms with Crippen molar-refractivity contribution in [2.75, 3.05) is 13.7 Å². The second kappa shape index (κ2) is 11.8. The Kier molecular flexibility index (Phi) is 8.36. The van der Waals surface area contributed by atoms with Gasteiger partial charge in [0.25, 0.3) is 0 Å². The van der Waals surface area contributed by atoms with Crippen molar-refractivity contribution in [3.63, 3.8) is 0 Å². The Labute approximate surface area is 219 Å². The topological polar surface area (TPSA) is 57.2 Å². The van der Waals surface area contributed by atoms with Crippen LogP contribution >= 0.6 is 0 Å². The molecule has 0 radical (unpaired) electrons. The lowest BCUT2D eigenvalue weighted by Crippen LogP contribution is -2.16. The fourth-order valence-corrected chi connectivity index (χ4v) is 3.93. The van der Waals surface area contributed by atoms with E-state index in [1.807, 2.05) is 72.8 Å². The largest absolute Gasteiger partial charge is 0.508 e. The van der Waals surface area contributed by atoms with E-state index < -0.39 is 0 Å². The fraction of sp³-hybridized carbons (Fsp3) is 0.250. The maximum Gasteiger partial charge on any atom is 0.147 e. The number of hydrogen-bond acceptors (Lipinski definition) is 5. The van der Waals surface area contributed by atoms with E-state index in [0.717, 1.165) is 33.9 Å². The highest BCUT2D eigenvalue weighted by molar-refractivity contribution is 5.47.